The van der Waals surface area contributed by atoms with Crippen LogP contribution in [0.2, 0.25) is 0 Å². The maximum Gasteiger partial charge on any atom is 0.255 e. The fourth-order valence-electron chi connectivity index (χ4n) is 1.64. The highest BCUT2D eigenvalue weighted by atomic mass is 79.9. The Hall–Kier alpha value is -1.23. The second-order valence-corrected chi connectivity index (χ2v) is 4.71. The van der Waals surface area contributed by atoms with Crippen LogP contribution in [0.5, 0.6) is 11.5 Å². The summed E-state index contributed by atoms with van der Waals surface area (Å²) in [5.74, 6) is -0.0958. The van der Waals surface area contributed by atoms with Gasteiger partial charge in [-0.05, 0) is 25.0 Å². The first-order valence-electron chi connectivity index (χ1n) is 5.86. The van der Waals surface area contributed by atoms with Crippen molar-refractivity contribution >= 4 is 21.8 Å². The van der Waals surface area contributed by atoms with E-state index in [2.05, 4.69) is 21.2 Å². The van der Waals surface area contributed by atoms with E-state index in [9.17, 15) is 9.90 Å². The Labute approximate surface area is 115 Å². The number of ether oxygens (including phenoxy) is 1. The Morgan fingerprint density at radius 2 is 2.28 bits per heavy atom. The number of hydrogen-bond donors (Lipinski definition) is 2. The summed E-state index contributed by atoms with van der Waals surface area (Å²) in [7, 11) is 1.45. The summed E-state index contributed by atoms with van der Waals surface area (Å²) < 4.78 is 4.98. The highest BCUT2D eigenvalue weighted by Gasteiger charge is 2.17. The number of carbonyl (C=O) groups is 1. The van der Waals surface area contributed by atoms with E-state index in [0.717, 1.165) is 18.2 Å². The Bertz CT molecular complexity index is 409. The zero-order valence-corrected chi connectivity index (χ0v) is 12.2. The van der Waals surface area contributed by atoms with Crippen molar-refractivity contribution in [2.45, 2.75) is 25.8 Å². The number of nitrogens with one attached hydrogen (secondary N) is 1. The van der Waals surface area contributed by atoms with Gasteiger partial charge in [0.1, 0.15) is 0 Å². The molecule has 0 aliphatic rings. The number of halogens is 1. The molecule has 0 fully saturated rings. The molecule has 0 spiro atoms. The molecule has 4 nitrogen and oxygen atoms in total. The summed E-state index contributed by atoms with van der Waals surface area (Å²) in [6, 6.07) is 4.97. The van der Waals surface area contributed by atoms with E-state index in [-0.39, 0.29) is 23.3 Å². The number of methoxy groups -OCH3 is 1. The van der Waals surface area contributed by atoms with Crippen molar-refractivity contribution in [1.29, 1.82) is 0 Å². The first-order chi connectivity index (χ1) is 8.63. The summed E-state index contributed by atoms with van der Waals surface area (Å²) in [6.07, 6.45) is 1.70. The molecule has 1 atom stereocenters. The van der Waals surface area contributed by atoms with Gasteiger partial charge in [-0.15, -0.1) is 0 Å². The molecule has 0 bridgehead atoms. The summed E-state index contributed by atoms with van der Waals surface area (Å²) in [6.45, 7) is 2.01. The second-order valence-electron chi connectivity index (χ2n) is 3.91. The Kier molecular flexibility index (Phi) is 5.98. The molecule has 5 heteroatoms. The monoisotopic (exact) mass is 315 g/mol. The molecule has 1 aromatic carbocycles. The average molecular weight is 316 g/mol. The van der Waals surface area contributed by atoms with E-state index >= 15 is 0 Å². The lowest BCUT2D eigenvalue weighted by Crippen LogP contribution is -2.34. The summed E-state index contributed by atoms with van der Waals surface area (Å²) in [4.78, 5) is 12.0. The van der Waals surface area contributed by atoms with Gasteiger partial charge in [-0.25, -0.2) is 0 Å². The van der Waals surface area contributed by atoms with Gasteiger partial charge in [0.05, 0.1) is 12.7 Å². The van der Waals surface area contributed by atoms with Crippen molar-refractivity contribution in [3.05, 3.63) is 23.8 Å². The van der Waals surface area contributed by atoms with Crippen LogP contribution in [0.1, 0.15) is 30.1 Å². The van der Waals surface area contributed by atoms with Crippen molar-refractivity contribution in [2.75, 3.05) is 12.4 Å². The summed E-state index contributed by atoms with van der Waals surface area (Å²) >= 11 is 3.35. The first kappa shape index (κ1) is 14.8. The topological polar surface area (TPSA) is 58.6 Å². The minimum atomic E-state index is -0.279. The van der Waals surface area contributed by atoms with Crippen LogP contribution in [0.3, 0.4) is 0 Å². The minimum absolute atomic E-state index is 0.0995. The van der Waals surface area contributed by atoms with Crippen LogP contribution in [-0.4, -0.2) is 29.5 Å². The third-order valence-corrected chi connectivity index (χ3v) is 3.21. The Morgan fingerprint density at radius 1 is 1.56 bits per heavy atom. The van der Waals surface area contributed by atoms with Crippen molar-refractivity contribution in [3.8, 4) is 11.5 Å². The van der Waals surface area contributed by atoms with Gasteiger partial charge >= 0.3 is 0 Å². The highest BCUT2D eigenvalue weighted by Crippen LogP contribution is 2.29. The fraction of sp³-hybridized carbons (Fsp3) is 0.462. The van der Waals surface area contributed by atoms with Crippen LogP contribution in [-0.2, 0) is 0 Å². The molecule has 0 radical (unpaired) electrons. The number of aromatic hydroxyl groups is 1. The molecular weight excluding hydrogens is 298 g/mol. The van der Waals surface area contributed by atoms with E-state index in [4.69, 9.17) is 4.74 Å². The predicted octanol–water partition coefficient (Wildman–Crippen LogP) is 2.69. The van der Waals surface area contributed by atoms with Gasteiger partial charge in [-0.1, -0.05) is 28.9 Å². The van der Waals surface area contributed by atoms with E-state index < -0.39 is 0 Å². The predicted molar refractivity (Wildman–Crippen MR) is 74.6 cm³/mol. The molecule has 0 heterocycles. The average Bonchev–Trinajstić information content (AvgIpc) is 2.38. The number of phenols is 1. The number of carbonyl (C=O) groups excluding carboxylic acids is 1. The van der Waals surface area contributed by atoms with E-state index in [1.54, 1.807) is 18.2 Å². The molecule has 0 aliphatic carbocycles. The number of phenolic OH excluding ortho intramolecular Hbond substituents is 1. The smallest absolute Gasteiger partial charge is 0.255 e. The second kappa shape index (κ2) is 7.26. The van der Waals surface area contributed by atoms with Crippen LogP contribution in [0, 0.1) is 0 Å². The standard InChI is InChI=1S/C13H18BrNO3/c1-3-9(7-8-14)15-13(17)10-5-4-6-11(18-2)12(10)16/h4-6,9,16H,3,7-8H2,1-2H3,(H,15,17). The number of para-hydroxylation sites is 1. The Balaban J connectivity index is 2.84. The maximum atomic E-state index is 12.0. The first-order valence-corrected chi connectivity index (χ1v) is 6.99. The minimum Gasteiger partial charge on any atom is -0.504 e. The van der Waals surface area contributed by atoms with E-state index in [1.165, 1.54) is 7.11 Å². The van der Waals surface area contributed by atoms with Gasteiger partial charge in [0.2, 0.25) is 0 Å². The molecule has 2 N–H and O–H groups in total. The van der Waals surface area contributed by atoms with Crippen molar-refractivity contribution in [2.24, 2.45) is 0 Å². The van der Waals surface area contributed by atoms with Gasteiger partial charge < -0.3 is 15.2 Å². The number of alkyl halides is 1. The largest absolute Gasteiger partial charge is 0.504 e. The van der Waals surface area contributed by atoms with Gasteiger partial charge in [0.25, 0.3) is 5.91 Å². The lowest BCUT2D eigenvalue weighted by molar-refractivity contribution is 0.0932. The SMILES string of the molecule is CCC(CCBr)NC(=O)c1cccc(OC)c1O. The molecule has 0 saturated heterocycles. The number of amides is 1. The maximum absolute atomic E-state index is 12.0. The Morgan fingerprint density at radius 3 is 2.83 bits per heavy atom. The van der Waals surface area contributed by atoms with E-state index in [1.807, 2.05) is 6.92 Å². The number of hydrogen-bond acceptors (Lipinski definition) is 3. The van der Waals surface area contributed by atoms with Gasteiger partial charge in [0.15, 0.2) is 11.5 Å². The normalized spacial score (nSPS) is 11.9. The van der Waals surface area contributed by atoms with Crippen molar-refractivity contribution in [3.63, 3.8) is 0 Å². The van der Waals surface area contributed by atoms with Crippen LogP contribution >= 0.6 is 15.9 Å². The number of benzene rings is 1. The van der Waals surface area contributed by atoms with Crippen LogP contribution in [0.25, 0.3) is 0 Å². The van der Waals surface area contributed by atoms with Gasteiger partial charge in [-0.2, -0.15) is 0 Å². The highest BCUT2D eigenvalue weighted by molar-refractivity contribution is 9.09. The van der Waals surface area contributed by atoms with Gasteiger partial charge in [0, 0.05) is 11.4 Å². The molecule has 1 aromatic rings. The third-order valence-electron chi connectivity index (χ3n) is 2.75. The van der Waals surface area contributed by atoms with Crippen molar-refractivity contribution < 1.29 is 14.6 Å². The quantitative estimate of drug-likeness (QED) is 0.793. The van der Waals surface area contributed by atoms with Crippen LogP contribution in [0.4, 0.5) is 0 Å². The molecule has 18 heavy (non-hydrogen) atoms. The summed E-state index contributed by atoms with van der Waals surface area (Å²) in [5, 5.41) is 13.6. The van der Waals surface area contributed by atoms with Crippen LogP contribution < -0.4 is 10.1 Å². The van der Waals surface area contributed by atoms with Crippen molar-refractivity contribution in [1.82, 2.24) is 5.32 Å². The lowest BCUT2D eigenvalue weighted by Gasteiger charge is -2.16. The molecule has 1 rings (SSSR count). The summed E-state index contributed by atoms with van der Waals surface area (Å²) in [5.41, 5.74) is 0.238. The molecule has 0 aromatic heterocycles. The van der Waals surface area contributed by atoms with E-state index in [0.29, 0.717) is 5.75 Å². The molecule has 0 aliphatic heterocycles. The molecule has 1 amide bonds. The number of rotatable bonds is 6. The van der Waals surface area contributed by atoms with Gasteiger partial charge in [-0.3, -0.25) is 4.79 Å². The molecule has 0 saturated carbocycles. The zero-order chi connectivity index (χ0) is 13.5. The van der Waals surface area contributed by atoms with Crippen LogP contribution in [0.15, 0.2) is 18.2 Å². The fourth-order valence-corrected chi connectivity index (χ4v) is 2.20. The molecular formula is C13H18BrNO3. The molecule has 1 unspecified atom stereocenters. The lowest BCUT2D eigenvalue weighted by atomic mass is 10.1. The third kappa shape index (κ3) is 3.63. The zero-order valence-electron chi connectivity index (χ0n) is 10.6. The molecule has 100 valence electrons.